The Morgan fingerprint density at radius 3 is 2.71 bits per heavy atom. The molecule has 3 aromatic heterocycles. The molecule has 0 bridgehead atoms. The molecule has 7 nitrogen and oxygen atoms in total. The summed E-state index contributed by atoms with van der Waals surface area (Å²) >= 11 is 3.45. The summed E-state index contributed by atoms with van der Waals surface area (Å²) in [5, 5.41) is 17.1. The summed E-state index contributed by atoms with van der Waals surface area (Å²) < 4.78 is 1.97. The molecule has 0 radical (unpaired) electrons. The largest absolute Gasteiger partial charge is 0.356 e. The summed E-state index contributed by atoms with van der Waals surface area (Å²) in [5.41, 5.74) is 1.06. The van der Waals surface area contributed by atoms with Gasteiger partial charge in [-0.15, -0.1) is 56.8 Å². The highest BCUT2D eigenvalue weighted by molar-refractivity contribution is 14.0. The first-order chi connectivity index (χ1) is 13.0. The number of guanidine groups is 1. The number of nitrogens with zero attached hydrogens (tertiary/aromatic N) is 6. The third kappa shape index (κ3) is 6.24. The molecule has 0 aliphatic rings. The normalized spacial score (nSPS) is 11.4. The van der Waals surface area contributed by atoms with Crippen LogP contribution in [0.2, 0.25) is 0 Å². The molecule has 3 aromatic rings. The number of thiophene rings is 1. The Morgan fingerprint density at radius 2 is 2.11 bits per heavy atom. The van der Waals surface area contributed by atoms with Gasteiger partial charge < -0.3 is 14.8 Å². The van der Waals surface area contributed by atoms with E-state index in [4.69, 9.17) is 4.99 Å². The van der Waals surface area contributed by atoms with E-state index in [1.54, 1.807) is 22.7 Å². The molecule has 10 heteroatoms. The highest BCUT2D eigenvalue weighted by Gasteiger charge is 2.11. The fraction of sp³-hybridized carbons (Fsp3) is 0.444. The first-order valence-electron chi connectivity index (χ1n) is 8.80. The van der Waals surface area contributed by atoms with Gasteiger partial charge in [-0.25, -0.2) is 9.98 Å². The van der Waals surface area contributed by atoms with Crippen LogP contribution in [0.3, 0.4) is 0 Å². The Balaban J connectivity index is 0.00000280. The zero-order valence-corrected chi connectivity index (χ0v) is 20.5. The van der Waals surface area contributed by atoms with E-state index in [9.17, 15) is 0 Å². The van der Waals surface area contributed by atoms with Crippen molar-refractivity contribution in [3.63, 3.8) is 0 Å². The fourth-order valence-electron chi connectivity index (χ4n) is 2.60. The SMILES string of the molecule is Cc1nc(CN(C)C(=NCc2nnc(C)n2C)NCCc2cccs2)cs1.I. The number of aryl methyl sites for hydroxylation is 2. The molecule has 0 fully saturated rings. The molecule has 3 rings (SSSR count). The van der Waals surface area contributed by atoms with Crippen LogP contribution in [0.25, 0.3) is 0 Å². The lowest BCUT2D eigenvalue weighted by Crippen LogP contribution is -2.39. The number of thiazole rings is 1. The van der Waals surface area contributed by atoms with E-state index in [1.807, 2.05) is 32.5 Å². The van der Waals surface area contributed by atoms with Gasteiger partial charge in [-0.3, -0.25) is 0 Å². The van der Waals surface area contributed by atoms with E-state index in [1.165, 1.54) is 4.88 Å². The smallest absolute Gasteiger partial charge is 0.194 e. The summed E-state index contributed by atoms with van der Waals surface area (Å²) in [5.74, 6) is 2.58. The van der Waals surface area contributed by atoms with Crippen molar-refractivity contribution in [1.29, 1.82) is 0 Å². The number of hydrogen-bond donors (Lipinski definition) is 1. The Morgan fingerprint density at radius 1 is 1.29 bits per heavy atom. The van der Waals surface area contributed by atoms with Crippen LogP contribution in [0.4, 0.5) is 0 Å². The molecule has 0 saturated carbocycles. The number of aromatic nitrogens is 4. The molecule has 0 unspecified atom stereocenters. The Kier molecular flexibility index (Phi) is 8.83. The number of hydrogen-bond acceptors (Lipinski definition) is 6. The fourth-order valence-corrected chi connectivity index (χ4v) is 3.91. The predicted molar refractivity (Wildman–Crippen MR) is 127 cm³/mol. The second kappa shape index (κ2) is 10.9. The van der Waals surface area contributed by atoms with E-state index < -0.39 is 0 Å². The maximum absolute atomic E-state index is 4.78. The van der Waals surface area contributed by atoms with Gasteiger partial charge in [-0.1, -0.05) is 6.07 Å². The molecule has 0 aromatic carbocycles. The Labute approximate surface area is 191 Å². The van der Waals surface area contributed by atoms with Crippen molar-refractivity contribution < 1.29 is 0 Å². The average Bonchev–Trinajstić information content (AvgIpc) is 3.36. The van der Waals surface area contributed by atoms with Crippen LogP contribution in [0.15, 0.2) is 27.9 Å². The summed E-state index contributed by atoms with van der Waals surface area (Å²) in [6.45, 7) is 6.00. The topological polar surface area (TPSA) is 71.2 Å². The molecule has 0 atom stereocenters. The van der Waals surface area contributed by atoms with Gasteiger partial charge in [-0.05, 0) is 31.7 Å². The first kappa shape index (κ1) is 22.8. The summed E-state index contributed by atoms with van der Waals surface area (Å²) in [7, 11) is 4.00. The van der Waals surface area contributed by atoms with Crippen LogP contribution >= 0.6 is 46.7 Å². The Hall–Kier alpha value is -1.53. The minimum absolute atomic E-state index is 0. The highest BCUT2D eigenvalue weighted by Crippen LogP contribution is 2.11. The number of rotatable bonds is 7. The van der Waals surface area contributed by atoms with E-state index >= 15 is 0 Å². The lowest BCUT2D eigenvalue weighted by atomic mass is 10.3. The third-order valence-electron chi connectivity index (χ3n) is 4.21. The van der Waals surface area contributed by atoms with Gasteiger partial charge >= 0.3 is 0 Å². The molecule has 0 aliphatic heterocycles. The third-order valence-corrected chi connectivity index (χ3v) is 5.97. The van der Waals surface area contributed by atoms with Gasteiger partial charge in [0.25, 0.3) is 0 Å². The van der Waals surface area contributed by atoms with Crippen molar-refractivity contribution in [3.05, 3.63) is 50.1 Å². The van der Waals surface area contributed by atoms with Crippen molar-refractivity contribution in [2.75, 3.05) is 13.6 Å². The van der Waals surface area contributed by atoms with Crippen LogP contribution in [0.5, 0.6) is 0 Å². The number of halogens is 1. The minimum Gasteiger partial charge on any atom is -0.356 e. The Bertz CT molecular complexity index is 886. The molecule has 3 heterocycles. The van der Waals surface area contributed by atoms with Crippen molar-refractivity contribution in [3.8, 4) is 0 Å². The zero-order chi connectivity index (χ0) is 19.2. The van der Waals surface area contributed by atoms with E-state index in [2.05, 4.69) is 48.3 Å². The van der Waals surface area contributed by atoms with Crippen LogP contribution in [0, 0.1) is 13.8 Å². The lowest BCUT2D eigenvalue weighted by molar-refractivity contribution is 0.468. The van der Waals surface area contributed by atoms with Gasteiger partial charge in [-0.2, -0.15) is 0 Å². The maximum Gasteiger partial charge on any atom is 0.194 e. The second-order valence-electron chi connectivity index (χ2n) is 6.33. The van der Waals surface area contributed by atoms with Gasteiger partial charge in [0.15, 0.2) is 11.8 Å². The molecule has 1 N–H and O–H groups in total. The molecule has 0 spiro atoms. The van der Waals surface area contributed by atoms with Crippen LogP contribution in [-0.2, 0) is 26.6 Å². The monoisotopic (exact) mass is 531 g/mol. The molecule has 0 saturated heterocycles. The maximum atomic E-state index is 4.78. The van der Waals surface area contributed by atoms with Crippen molar-refractivity contribution >= 4 is 52.6 Å². The quantitative estimate of drug-likeness (QED) is 0.288. The van der Waals surface area contributed by atoms with E-state index in [-0.39, 0.29) is 24.0 Å². The van der Waals surface area contributed by atoms with Gasteiger partial charge in [0.05, 0.1) is 17.2 Å². The predicted octanol–water partition coefficient (Wildman–Crippen LogP) is 3.39. The van der Waals surface area contributed by atoms with E-state index in [0.717, 1.165) is 41.3 Å². The molecule has 28 heavy (non-hydrogen) atoms. The van der Waals surface area contributed by atoms with Crippen molar-refractivity contribution in [2.45, 2.75) is 33.4 Å². The molecule has 152 valence electrons. The molecule has 0 aliphatic carbocycles. The lowest BCUT2D eigenvalue weighted by Gasteiger charge is -2.21. The summed E-state index contributed by atoms with van der Waals surface area (Å²) in [6.07, 6.45) is 0.976. The second-order valence-corrected chi connectivity index (χ2v) is 8.43. The standard InChI is InChI=1S/C18H25N7S2.HI/c1-13-22-23-17(25(13)4)10-20-18(19-8-7-16-6-5-9-26-16)24(3)11-15-12-27-14(2)21-15;/h5-6,9,12H,7-8,10-11H2,1-4H3,(H,19,20);1H. The van der Waals surface area contributed by atoms with Gasteiger partial charge in [0.1, 0.15) is 12.4 Å². The number of aliphatic imine (C=N–C) groups is 1. The average molecular weight is 531 g/mol. The van der Waals surface area contributed by atoms with Gasteiger partial charge in [0, 0.05) is 30.9 Å². The van der Waals surface area contributed by atoms with Crippen LogP contribution in [-0.4, -0.2) is 44.2 Å². The summed E-state index contributed by atoms with van der Waals surface area (Å²) in [4.78, 5) is 12.8. The highest BCUT2D eigenvalue weighted by atomic mass is 127. The van der Waals surface area contributed by atoms with Crippen LogP contribution < -0.4 is 5.32 Å². The summed E-state index contributed by atoms with van der Waals surface area (Å²) in [6, 6.07) is 4.25. The van der Waals surface area contributed by atoms with Crippen molar-refractivity contribution in [2.24, 2.45) is 12.0 Å². The zero-order valence-electron chi connectivity index (χ0n) is 16.5. The molecular formula is C18H26IN7S2. The van der Waals surface area contributed by atoms with E-state index in [0.29, 0.717) is 13.1 Å². The minimum atomic E-state index is 0. The molecule has 0 amide bonds. The number of nitrogens with one attached hydrogen (secondary N) is 1. The molecular weight excluding hydrogens is 505 g/mol. The van der Waals surface area contributed by atoms with Gasteiger partial charge in [0.2, 0.25) is 0 Å². The van der Waals surface area contributed by atoms with Crippen LogP contribution in [0.1, 0.15) is 27.2 Å². The first-order valence-corrected chi connectivity index (χ1v) is 10.6. The van der Waals surface area contributed by atoms with Crippen molar-refractivity contribution in [1.82, 2.24) is 30.0 Å².